The first-order valence-electron chi connectivity index (χ1n) is 9.55. The molecule has 1 heterocycles. The largest absolute Gasteiger partial charge is 0.496 e. The minimum Gasteiger partial charge on any atom is -0.496 e. The monoisotopic (exact) mass is 400 g/mol. The SMILES string of the molecule is COc1ccccc1CNS(=O)(=O)c1ccc2c(c1)CCN2C(=O)C1CCC1. The van der Waals surface area contributed by atoms with Crippen LogP contribution in [-0.4, -0.2) is 28.0 Å². The van der Waals surface area contributed by atoms with Crippen LogP contribution in [-0.2, 0) is 27.8 Å². The number of rotatable bonds is 6. The summed E-state index contributed by atoms with van der Waals surface area (Å²) in [6, 6.07) is 12.3. The lowest BCUT2D eigenvalue weighted by molar-refractivity contribution is -0.124. The Labute approximate surface area is 165 Å². The molecule has 2 aliphatic rings. The highest BCUT2D eigenvalue weighted by Gasteiger charge is 2.33. The first-order valence-corrected chi connectivity index (χ1v) is 11.0. The number of nitrogens with one attached hydrogen (secondary N) is 1. The molecule has 4 rings (SSSR count). The molecule has 7 heteroatoms. The molecule has 148 valence electrons. The molecule has 2 aromatic carbocycles. The maximum Gasteiger partial charge on any atom is 0.240 e. The molecular formula is C21H24N2O4S. The summed E-state index contributed by atoms with van der Waals surface area (Å²) in [5, 5.41) is 0. The summed E-state index contributed by atoms with van der Waals surface area (Å²) in [5.74, 6) is 0.955. The van der Waals surface area contributed by atoms with Gasteiger partial charge in [-0.1, -0.05) is 24.6 Å². The van der Waals surface area contributed by atoms with Gasteiger partial charge in [0.05, 0.1) is 12.0 Å². The molecule has 0 unspecified atom stereocenters. The van der Waals surface area contributed by atoms with E-state index in [1.54, 1.807) is 31.4 Å². The quantitative estimate of drug-likeness (QED) is 0.809. The molecule has 1 aliphatic heterocycles. The van der Waals surface area contributed by atoms with E-state index < -0.39 is 10.0 Å². The normalized spacial score (nSPS) is 16.5. The number of amides is 1. The molecule has 1 saturated carbocycles. The van der Waals surface area contributed by atoms with Crippen molar-refractivity contribution >= 4 is 21.6 Å². The minimum absolute atomic E-state index is 0.136. The Morgan fingerprint density at radius 1 is 1.21 bits per heavy atom. The summed E-state index contributed by atoms with van der Waals surface area (Å²) in [6.45, 7) is 0.776. The first-order chi connectivity index (χ1) is 13.5. The van der Waals surface area contributed by atoms with E-state index in [0.717, 1.165) is 36.1 Å². The van der Waals surface area contributed by atoms with Crippen molar-refractivity contribution in [2.45, 2.75) is 37.1 Å². The number of benzene rings is 2. The van der Waals surface area contributed by atoms with Gasteiger partial charge in [-0.25, -0.2) is 13.1 Å². The number of anilines is 1. The van der Waals surface area contributed by atoms with Gasteiger partial charge >= 0.3 is 0 Å². The van der Waals surface area contributed by atoms with Crippen LogP contribution in [0.1, 0.15) is 30.4 Å². The van der Waals surface area contributed by atoms with Crippen molar-refractivity contribution < 1.29 is 17.9 Å². The molecule has 0 saturated heterocycles. The summed E-state index contributed by atoms with van der Waals surface area (Å²) >= 11 is 0. The van der Waals surface area contributed by atoms with Crippen LogP contribution in [0.25, 0.3) is 0 Å². The lowest BCUT2D eigenvalue weighted by atomic mass is 9.84. The summed E-state index contributed by atoms with van der Waals surface area (Å²) in [5.41, 5.74) is 2.53. The Morgan fingerprint density at radius 3 is 2.71 bits per heavy atom. The molecule has 2 aromatic rings. The molecule has 1 amide bonds. The fourth-order valence-corrected chi connectivity index (χ4v) is 4.81. The second-order valence-corrected chi connectivity index (χ2v) is 9.06. The second-order valence-electron chi connectivity index (χ2n) is 7.29. The Morgan fingerprint density at radius 2 is 2.00 bits per heavy atom. The predicted octanol–water partition coefficient (Wildman–Crippen LogP) is 2.86. The fourth-order valence-electron chi connectivity index (χ4n) is 3.75. The zero-order valence-electron chi connectivity index (χ0n) is 15.8. The van der Waals surface area contributed by atoms with Crippen LogP contribution in [0.3, 0.4) is 0 Å². The van der Waals surface area contributed by atoms with Crippen molar-refractivity contribution in [3.05, 3.63) is 53.6 Å². The van der Waals surface area contributed by atoms with Crippen molar-refractivity contribution in [1.29, 1.82) is 0 Å². The van der Waals surface area contributed by atoms with Crippen molar-refractivity contribution in [2.75, 3.05) is 18.6 Å². The van der Waals surface area contributed by atoms with Crippen molar-refractivity contribution in [3.8, 4) is 5.75 Å². The lowest BCUT2D eigenvalue weighted by Gasteiger charge is -2.29. The van der Waals surface area contributed by atoms with Crippen LogP contribution in [0, 0.1) is 5.92 Å². The highest BCUT2D eigenvalue weighted by molar-refractivity contribution is 7.89. The fraction of sp³-hybridized carbons (Fsp3) is 0.381. The van der Waals surface area contributed by atoms with E-state index in [9.17, 15) is 13.2 Å². The molecule has 28 heavy (non-hydrogen) atoms. The van der Waals surface area contributed by atoms with Gasteiger partial charge in [-0.2, -0.15) is 0 Å². The van der Waals surface area contributed by atoms with E-state index in [0.29, 0.717) is 18.7 Å². The average molecular weight is 401 g/mol. The number of hydrogen-bond donors (Lipinski definition) is 1. The highest BCUT2D eigenvalue weighted by atomic mass is 32.2. The smallest absolute Gasteiger partial charge is 0.240 e. The van der Waals surface area contributed by atoms with Crippen LogP contribution in [0.15, 0.2) is 47.4 Å². The molecular weight excluding hydrogens is 376 g/mol. The Bertz CT molecular complexity index is 999. The van der Waals surface area contributed by atoms with E-state index in [2.05, 4.69) is 4.72 Å². The van der Waals surface area contributed by atoms with Gasteiger partial charge < -0.3 is 9.64 Å². The van der Waals surface area contributed by atoms with E-state index in [-0.39, 0.29) is 23.3 Å². The van der Waals surface area contributed by atoms with Gasteiger partial charge in [0.2, 0.25) is 15.9 Å². The molecule has 0 bridgehead atoms. The van der Waals surface area contributed by atoms with E-state index in [1.165, 1.54) is 0 Å². The summed E-state index contributed by atoms with van der Waals surface area (Å²) in [6.07, 6.45) is 3.73. The number of ether oxygens (including phenoxy) is 1. The third-order valence-corrected chi connectivity index (χ3v) is 7.02. The van der Waals surface area contributed by atoms with Crippen LogP contribution in [0.4, 0.5) is 5.69 Å². The van der Waals surface area contributed by atoms with Gasteiger partial charge in [0.15, 0.2) is 0 Å². The maximum absolute atomic E-state index is 12.8. The van der Waals surface area contributed by atoms with Crippen LogP contribution < -0.4 is 14.4 Å². The molecule has 1 fully saturated rings. The average Bonchev–Trinajstić information content (AvgIpc) is 3.08. The van der Waals surface area contributed by atoms with Gasteiger partial charge in [-0.15, -0.1) is 0 Å². The maximum atomic E-state index is 12.8. The Balaban J connectivity index is 1.51. The molecule has 0 atom stereocenters. The van der Waals surface area contributed by atoms with Gasteiger partial charge in [0.1, 0.15) is 5.75 Å². The molecule has 1 N–H and O–H groups in total. The highest BCUT2D eigenvalue weighted by Crippen LogP contribution is 2.35. The van der Waals surface area contributed by atoms with Crippen LogP contribution >= 0.6 is 0 Å². The standard InChI is InChI=1S/C21H24N2O4S/c1-27-20-8-3-2-5-17(20)14-22-28(25,26)18-9-10-19-16(13-18)11-12-23(19)21(24)15-6-4-7-15/h2-3,5,8-10,13,15,22H,4,6-7,11-12,14H2,1H3. The lowest BCUT2D eigenvalue weighted by Crippen LogP contribution is -2.37. The first kappa shape index (κ1) is 19.0. The third-order valence-electron chi connectivity index (χ3n) is 5.62. The van der Waals surface area contributed by atoms with Gasteiger partial charge in [0.25, 0.3) is 0 Å². The van der Waals surface area contributed by atoms with Crippen molar-refractivity contribution in [2.24, 2.45) is 5.92 Å². The summed E-state index contributed by atoms with van der Waals surface area (Å²) in [4.78, 5) is 14.6. The molecule has 0 spiro atoms. The Hall–Kier alpha value is -2.38. The number of methoxy groups -OCH3 is 1. The van der Waals surface area contributed by atoms with Gasteiger partial charge in [-0.05, 0) is 49.1 Å². The van der Waals surface area contributed by atoms with Gasteiger partial charge in [-0.3, -0.25) is 4.79 Å². The van der Waals surface area contributed by atoms with Crippen LogP contribution in [0.2, 0.25) is 0 Å². The Kier molecular flexibility index (Phi) is 5.12. The number of para-hydroxylation sites is 1. The number of carbonyl (C=O) groups is 1. The number of carbonyl (C=O) groups excluding carboxylic acids is 1. The zero-order chi connectivity index (χ0) is 19.7. The van der Waals surface area contributed by atoms with E-state index >= 15 is 0 Å². The van der Waals surface area contributed by atoms with Crippen LogP contribution in [0.5, 0.6) is 5.75 Å². The molecule has 0 aromatic heterocycles. The number of nitrogens with zero attached hydrogens (tertiary/aromatic N) is 1. The topological polar surface area (TPSA) is 75.7 Å². The van der Waals surface area contributed by atoms with Crippen molar-refractivity contribution in [3.63, 3.8) is 0 Å². The third kappa shape index (κ3) is 3.52. The molecule has 1 aliphatic carbocycles. The minimum atomic E-state index is -3.66. The predicted molar refractivity (Wildman–Crippen MR) is 107 cm³/mol. The number of sulfonamides is 1. The van der Waals surface area contributed by atoms with Gasteiger partial charge in [0, 0.05) is 30.3 Å². The molecule has 0 radical (unpaired) electrons. The number of hydrogen-bond acceptors (Lipinski definition) is 4. The summed E-state index contributed by atoms with van der Waals surface area (Å²) < 4.78 is 33.4. The number of fused-ring (bicyclic) bond motifs is 1. The van der Waals surface area contributed by atoms with E-state index in [1.807, 2.05) is 23.1 Å². The second kappa shape index (κ2) is 7.56. The zero-order valence-corrected chi connectivity index (χ0v) is 16.7. The van der Waals surface area contributed by atoms with E-state index in [4.69, 9.17) is 4.74 Å². The van der Waals surface area contributed by atoms with Crippen molar-refractivity contribution in [1.82, 2.24) is 4.72 Å². The summed E-state index contributed by atoms with van der Waals surface area (Å²) in [7, 11) is -2.10. The molecule has 6 nitrogen and oxygen atoms in total.